The van der Waals surface area contributed by atoms with Gasteiger partial charge in [0.2, 0.25) is 0 Å². The number of ether oxygens (including phenoxy) is 1. The first-order chi connectivity index (χ1) is 12.1. The van der Waals surface area contributed by atoms with Crippen LogP contribution in [0, 0.1) is 6.92 Å². The van der Waals surface area contributed by atoms with Crippen molar-refractivity contribution >= 4 is 39.1 Å². The summed E-state index contributed by atoms with van der Waals surface area (Å²) in [5, 5.41) is 0.588. The molecule has 1 heterocycles. The van der Waals surface area contributed by atoms with Gasteiger partial charge < -0.3 is 9.30 Å². The van der Waals surface area contributed by atoms with Gasteiger partial charge in [0.05, 0.1) is 23.2 Å². The van der Waals surface area contributed by atoms with Gasteiger partial charge in [-0.15, -0.1) is 0 Å². The summed E-state index contributed by atoms with van der Waals surface area (Å²) in [6.45, 7) is 3.27. The number of hydrogen-bond acceptors (Lipinski definition) is 3. The Hall–Kier alpha value is -1.95. The highest BCUT2D eigenvalue weighted by molar-refractivity contribution is 7.16. The number of halogens is 1. The van der Waals surface area contributed by atoms with Crippen molar-refractivity contribution in [3.63, 3.8) is 0 Å². The number of fused-ring (bicyclic) bond motifs is 1. The molecule has 0 unspecified atom stereocenters. The van der Waals surface area contributed by atoms with Crippen LogP contribution in [0.15, 0.2) is 47.5 Å². The van der Waals surface area contributed by atoms with Gasteiger partial charge in [0.25, 0.3) is 5.91 Å². The third-order valence-corrected chi connectivity index (χ3v) is 5.29. The average molecular weight is 375 g/mol. The minimum atomic E-state index is -0.206. The molecule has 0 aliphatic rings. The van der Waals surface area contributed by atoms with Crippen molar-refractivity contribution in [1.29, 1.82) is 0 Å². The van der Waals surface area contributed by atoms with E-state index in [1.165, 1.54) is 16.9 Å². The van der Waals surface area contributed by atoms with Crippen LogP contribution < -0.4 is 4.80 Å². The summed E-state index contributed by atoms with van der Waals surface area (Å²) in [5.41, 5.74) is 3.04. The first-order valence-electron chi connectivity index (χ1n) is 7.98. The highest BCUT2D eigenvalue weighted by atomic mass is 35.5. The molecule has 1 aromatic heterocycles. The Labute approximate surface area is 155 Å². The molecule has 0 spiro atoms. The molecule has 0 saturated heterocycles. The third-order valence-electron chi connectivity index (χ3n) is 3.88. The smallest absolute Gasteiger partial charge is 0.252 e. The van der Waals surface area contributed by atoms with E-state index < -0.39 is 0 Å². The van der Waals surface area contributed by atoms with E-state index in [2.05, 4.69) is 30.1 Å². The second-order valence-electron chi connectivity index (χ2n) is 5.77. The normalized spacial score (nSPS) is 12.0. The molecular formula is C19H19ClN2O2S. The fraction of sp³-hybridized carbons (Fsp3) is 0.263. The first kappa shape index (κ1) is 17.9. The molecule has 0 aliphatic heterocycles. The fourth-order valence-electron chi connectivity index (χ4n) is 2.62. The van der Waals surface area contributed by atoms with E-state index in [0.717, 1.165) is 15.8 Å². The van der Waals surface area contributed by atoms with Crippen LogP contribution in [0.25, 0.3) is 10.2 Å². The number of nitrogens with zero attached hydrogens (tertiary/aromatic N) is 2. The van der Waals surface area contributed by atoms with Crippen molar-refractivity contribution in [2.75, 3.05) is 13.7 Å². The van der Waals surface area contributed by atoms with Crippen molar-refractivity contribution in [1.82, 2.24) is 4.57 Å². The van der Waals surface area contributed by atoms with Gasteiger partial charge in [-0.25, -0.2) is 0 Å². The van der Waals surface area contributed by atoms with E-state index in [9.17, 15) is 4.79 Å². The van der Waals surface area contributed by atoms with E-state index in [-0.39, 0.29) is 12.3 Å². The van der Waals surface area contributed by atoms with Gasteiger partial charge in [0.1, 0.15) is 0 Å². The maximum atomic E-state index is 12.4. The lowest BCUT2D eigenvalue weighted by atomic mass is 10.1. The van der Waals surface area contributed by atoms with Crippen molar-refractivity contribution in [2.45, 2.75) is 19.9 Å². The Morgan fingerprint density at radius 1 is 1.28 bits per heavy atom. The minimum Gasteiger partial charge on any atom is -0.383 e. The number of carbonyl (C=O) groups is 1. The van der Waals surface area contributed by atoms with Crippen LogP contribution >= 0.6 is 22.9 Å². The van der Waals surface area contributed by atoms with Gasteiger partial charge in [-0.05, 0) is 36.2 Å². The van der Waals surface area contributed by atoms with Crippen LogP contribution in [0.5, 0.6) is 0 Å². The average Bonchev–Trinajstić information content (AvgIpc) is 2.91. The van der Waals surface area contributed by atoms with E-state index in [4.69, 9.17) is 16.3 Å². The molecule has 25 heavy (non-hydrogen) atoms. The number of amides is 1. The molecular weight excluding hydrogens is 356 g/mol. The topological polar surface area (TPSA) is 43.6 Å². The number of aromatic nitrogens is 1. The summed E-state index contributed by atoms with van der Waals surface area (Å²) in [5.74, 6) is -0.206. The maximum Gasteiger partial charge on any atom is 0.252 e. The fourth-order valence-corrected chi connectivity index (χ4v) is 3.99. The van der Waals surface area contributed by atoms with Crippen LogP contribution in [0.4, 0.5) is 0 Å². The van der Waals surface area contributed by atoms with Crippen molar-refractivity contribution < 1.29 is 9.53 Å². The third kappa shape index (κ3) is 4.18. The Balaban J connectivity index is 1.99. The lowest BCUT2D eigenvalue weighted by Crippen LogP contribution is -2.19. The second-order valence-corrected chi connectivity index (χ2v) is 7.19. The molecule has 0 saturated carbocycles. The van der Waals surface area contributed by atoms with Crippen LogP contribution in [0.3, 0.4) is 0 Å². The van der Waals surface area contributed by atoms with Crippen molar-refractivity contribution in [3.8, 4) is 0 Å². The molecule has 0 bridgehead atoms. The number of hydrogen-bond donors (Lipinski definition) is 0. The Morgan fingerprint density at radius 3 is 2.84 bits per heavy atom. The number of rotatable bonds is 5. The molecule has 0 atom stereocenters. The van der Waals surface area contributed by atoms with E-state index in [1.54, 1.807) is 13.2 Å². The quantitative estimate of drug-likeness (QED) is 0.678. The standard InChI is InChI=1S/C19H19ClN2O2S/c1-13-7-8-16-17(11-13)25-19(22(16)9-10-24-2)21-18(23)12-14-5-3-4-6-15(14)20/h3-8,11H,9-10,12H2,1-2H3. The summed E-state index contributed by atoms with van der Waals surface area (Å²) >= 11 is 7.66. The van der Waals surface area contributed by atoms with Gasteiger partial charge in [0, 0.05) is 18.7 Å². The molecule has 0 aliphatic carbocycles. The van der Waals surface area contributed by atoms with Crippen LogP contribution in [0.1, 0.15) is 11.1 Å². The van der Waals surface area contributed by atoms with Gasteiger partial charge >= 0.3 is 0 Å². The van der Waals surface area contributed by atoms with Crippen molar-refractivity contribution in [2.24, 2.45) is 4.99 Å². The molecule has 3 rings (SSSR count). The highest BCUT2D eigenvalue weighted by Gasteiger charge is 2.10. The Kier molecular flexibility index (Phi) is 5.68. The lowest BCUT2D eigenvalue weighted by molar-refractivity contribution is -0.117. The summed E-state index contributed by atoms with van der Waals surface area (Å²) in [6.07, 6.45) is 0.192. The molecule has 3 aromatic rings. The molecule has 2 aromatic carbocycles. The van der Waals surface area contributed by atoms with Gasteiger partial charge in [-0.2, -0.15) is 4.99 Å². The number of benzene rings is 2. The summed E-state index contributed by atoms with van der Waals surface area (Å²) in [4.78, 5) is 17.5. The first-order valence-corrected chi connectivity index (χ1v) is 9.18. The van der Waals surface area contributed by atoms with Crippen LogP contribution in [0.2, 0.25) is 5.02 Å². The van der Waals surface area contributed by atoms with Crippen LogP contribution in [-0.2, 0) is 22.5 Å². The maximum absolute atomic E-state index is 12.4. The van der Waals surface area contributed by atoms with Crippen molar-refractivity contribution in [3.05, 3.63) is 63.4 Å². The second kappa shape index (κ2) is 7.95. The van der Waals surface area contributed by atoms with Crippen LogP contribution in [-0.4, -0.2) is 24.2 Å². The number of carbonyl (C=O) groups excluding carboxylic acids is 1. The van der Waals surface area contributed by atoms with Gasteiger partial charge in [-0.1, -0.05) is 47.2 Å². The predicted molar refractivity (Wildman–Crippen MR) is 102 cm³/mol. The molecule has 0 N–H and O–H groups in total. The number of thiazole rings is 1. The van der Waals surface area contributed by atoms with E-state index in [0.29, 0.717) is 23.0 Å². The Morgan fingerprint density at radius 2 is 2.08 bits per heavy atom. The van der Waals surface area contributed by atoms with E-state index >= 15 is 0 Å². The zero-order chi connectivity index (χ0) is 17.8. The lowest BCUT2D eigenvalue weighted by Gasteiger charge is -2.04. The van der Waals surface area contributed by atoms with Gasteiger partial charge in [0.15, 0.2) is 4.80 Å². The molecule has 4 nitrogen and oxygen atoms in total. The SMILES string of the molecule is COCCn1c(=NC(=O)Cc2ccccc2Cl)sc2cc(C)ccc21. The molecule has 0 radical (unpaired) electrons. The number of aryl methyl sites for hydroxylation is 1. The summed E-state index contributed by atoms with van der Waals surface area (Å²) in [6, 6.07) is 13.6. The summed E-state index contributed by atoms with van der Waals surface area (Å²) < 4.78 is 8.35. The zero-order valence-corrected chi connectivity index (χ0v) is 15.7. The molecule has 0 fully saturated rings. The summed E-state index contributed by atoms with van der Waals surface area (Å²) in [7, 11) is 1.67. The molecule has 6 heteroatoms. The van der Waals surface area contributed by atoms with Gasteiger partial charge in [-0.3, -0.25) is 4.79 Å². The molecule has 1 amide bonds. The minimum absolute atomic E-state index is 0.192. The molecule has 130 valence electrons. The monoisotopic (exact) mass is 374 g/mol. The zero-order valence-electron chi connectivity index (χ0n) is 14.2. The largest absolute Gasteiger partial charge is 0.383 e. The van der Waals surface area contributed by atoms with E-state index in [1.807, 2.05) is 22.8 Å². The number of methoxy groups -OCH3 is 1. The Bertz CT molecular complexity index is 975. The predicted octanol–water partition coefficient (Wildman–Crippen LogP) is 3.98. The highest BCUT2D eigenvalue weighted by Crippen LogP contribution is 2.19.